The zero-order valence-corrected chi connectivity index (χ0v) is 16.1. The highest BCUT2D eigenvalue weighted by molar-refractivity contribution is 5.61. The van der Waals surface area contributed by atoms with E-state index < -0.39 is 0 Å². The fraction of sp³-hybridized carbons (Fsp3) is 0.261. The van der Waals surface area contributed by atoms with Crippen molar-refractivity contribution < 1.29 is 9.47 Å². The number of benzene rings is 2. The van der Waals surface area contributed by atoms with E-state index in [9.17, 15) is 0 Å². The number of fused-ring (bicyclic) bond motifs is 5. The van der Waals surface area contributed by atoms with Gasteiger partial charge in [-0.2, -0.15) is 0 Å². The third kappa shape index (κ3) is 2.62. The Balaban J connectivity index is 1.69. The van der Waals surface area contributed by atoms with E-state index in [1.54, 1.807) is 14.2 Å². The quantitative estimate of drug-likeness (QED) is 0.747. The van der Waals surface area contributed by atoms with E-state index in [-0.39, 0.29) is 12.2 Å². The van der Waals surface area contributed by atoms with Gasteiger partial charge in [-0.25, -0.2) is 0 Å². The largest absolute Gasteiger partial charge is 0.493 e. The number of rotatable bonds is 3. The molecule has 5 heteroatoms. The van der Waals surface area contributed by atoms with E-state index >= 15 is 0 Å². The highest BCUT2D eigenvalue weighted by Crippen LogP contribution is 2.48. The Morgan fingerprint density at radius 3 is 2.54 bits per heavy atom. The molecule has 1 aromatic heterocycles. The van der Waals surface area contributed by atoms with Gasteiger partial charge in [0.1, 0.15) is 6.17 Å². The third-order valence-corrected chi connectivity index (χ3v) is 5.76. The van der Waals surface area contributed by atoms with Crippen molar-refractivity contribution in [3.63, 3.8) is 0 Å². The predicted molar refractivity (Wildman–Crippen MR) is 109 cm³/mol. The molecule has 0 unspecified atom stereocenters. The van der Waals surface area contributed by atoms with Gasteiger partial charge in [-0.1, -0.05) is 24.3 Å². The summed E-state index contributed by atoms with van der Waals surface area (Å²) in [5, 5.41) is 3.70. The topological polar surface area (TPSA) is 46.6 Å². The monoisotopic (exact) mass is 373 g/mol. The van der Waals surface area contributed by atoms with Crippen molar-refractivity contribution in [1.82, 2.24) is 9.88 Å². The van der Waals surface area contributed by atoms with Crippen LogP contribution in [0.25, 0.3) is 0 Å². The molecule has 3 heterocycles. The molecular formula is C23H23N3O2. The van der Waals surface area contributed by atoms with Crippen LogP contribution in [0.3, 0.4) is 0 Å². The molecule has 1 N–H and O–H groups in total. The van der Waals surface area contributed by atoms with E-state index in [0.29, 0.717) is 0 Å². The van der Waals surface area contributed by atoms with Crippen molar-refractivity contribution in [3.05, 3.63) is 83.2 Å². The maximum Gasteiger partial charge on any atom is 0.161 e. The van der Waals surface area contributed by atoms with Crippen LogP contribution in [0.15, 0.2) is 60.8 Å². The number of aromatic nitrogens is 1. The average molecular weight is 373 g/mol. The number of hydrogen-bond acceptors (Lipinski definition) is 5. The second-order valence-electron chi connectivity index (χ2n) is 7.19. The SMILES string of the molecule is COc1cc2c(cc1OC)[C@H]1c3ccccc3N[C@H](c3ccccn3)N1CC2. The molecule has 2 aliphatic rings. The average Bonchev–Trinajstić information content (AvgIpc) is 2.77. The van der Waals surface area contributed by atoms with Gasteiger partial charge in [-0.15, -0.1) is 0 Å². The lowest BCUT2D eigenvalue weighted by atomic mass is 9.84. The van der Waals surface area contributed by atoms with Crippen LogP contribution in [0.2, 0.25) is 0 Å². The highest BCUT2D eigenvalue weighted by atomic mass is 16.5. The lowest BCUT2D eigenvalue weighted by molar-refractivity contribution is 0.150. The van der Waals surface area contributed by atoms with Gasteiger partial charge < -0.3 is 14.8 Å². The van der Waals surface area contributed by atoms with E-state index in [0.717, 1.165) is 35.8 Å². The number of hydrogen-bond donors (Lipinski definition) is 1. The molecule has 0 bridgehead atoms. The summed E-state index contributed by atoms with van der Waals surface area (Å²) in [6.45, 7) is 0.940. The molecule has 0 saturated carbocycles. The van der Waals surface area contributed by atoms with E-state index in [1.165, 1.54) is 16.7 Å². The van der Waals surface area contributed by atoms with Crippen LogP contribution in [0.4, 0.5) is 5.69 Å². The maximum absolute atomic E-state index is 5.61. The molecule has 0 radical (unpaired) electrons. The Hall–Kier alpha value is -3.05. The number of ether oxygens (including phenoxy) is 2. The Morgan fingerprint density at radius 1 is 0.964 bits per heavy atom. The minimum Gasteiger partial charge on any atom is -0.493 e. The number of nitrogens with one attached hydrogen (secondary N) is 1. The third-order valence-electron chi connectivity index (χ3n) is 5.76. The van der Waals surface area contributed by atoms with Gasteiger partial charge in [0.2, 0.25) is 0 Å². The summed E-state index contributed by atoms with van der Waals surface area (Å²) in [5.41, 5.74) is 6.06. The Morgan fingerprint density at radius 2 is 1.75 bits per heavy atom. The van der Waals surface area contributed by atoms with Gasteiger partial charge >= 0.3 is 0 Å². The molecule has 5 rings (SSSR count). The van der Waals surface area contributed by atoms with Crippen LogP contribution in [0.1, 0.15) is 34.6 Å². The summed E-state index contributed by atoms with van der Waals surface area (Å²) in [5.74, 6) is 1.56. The molecule has 28 heavy (non-hydrogen) atoms. The zero-order valence-electron chi connectivity index (χ0n) is 16.1. The molecule has 2 aromatic carbocycles. The summed E-state index contributed by atoms with van der Waals surface area (Å²) in [6, 6.07) is 19.1. The second-order valence-corrected chi connectivity index (χ2v) is 7.19. The van der Waals surface area contributed by atoms with Gasteiger partial charge in [0.15, 0.2) is 11.5 Å². The normalized spacial score (nSPS) is 20.4. The van der Waals surface area contributed by atoms with Crippen molar-refractivity contribution in [2.75, 3.05) is 26.1 Å². The minimum atomic E-state index is 0.0300. The van der Waals surface area contributed by atoms with Crippen LogP contribution >= 0.6 is 0 Å². The lowest BCUT2D eigenvalue weighted by Gasteiger charge is -2.47. The molecule has 2 aliphatic heterocycles. The minimum absolute atomic E-state index is 0.0300. The van der Waals surface area contributed by atoms with Crippen molar-refractivity contribution in [2.45, 2.75) is 18.6 Å². The van der Waals surface area contributed by atoms with Crippen LogP contribution < -0.4 is 14.8 Å². The molecule has 0 aliphatic carbocycles. The first-order valence-electron chi connectivity index (χ1n) is 9.57. The molecule has 0 spiro atoms. The molecule has 2 atom stereocenters. The van der Waals surface area contributed by atoms with Gasteiger partial charge in [-0.3, -0.25) is 9.88 Å². The summed E-state index contributed by atoms with van der Waals surface area (Å²) in [4.78, 5) is 7.13. The number of anilines is 1. The van der Waals surface area contributed by atoms with Gasteiger partial charge in [0, 0.05) is 18.4 Å². The van der Waals surface area contributed by atoms with Crippen molar-refractivity contribution in [2.24, 2.45) is 0 Å². The smallest absolute Gasteiger partial charge is 0.161 e. The van der Waals surface area contributed by atoms with Crippen LogP contribution in [-0.2, 0) is 6.42 Å². The summed E-state index contributed by atoms with van der Waals surface area (Å²) < 4.78 is 11.1. The van der Waals surface area contributed by atoms with Crippen molar-refractivity contribution >= 4 is 5.69 Å². The predicted octanol–water partition coefficient (Wildman–Crippen LogP) is 4.17. The fourth-order valence-corrected chi connectivity index (χ4v) is 4.47. The van der Waals surface area contributed by atoms with Gasteiger partial charge in [0.25, 0.3) is 0 Å². The number of nitrogens with zero attached hydrogens (tertiary/aromatic N) is 2. The molecule has 5 nitrogen and oxygen atoms in total. The highest BCUT2D eigenvalue weighted by Gasteiger charge is 2.40. The summed E-state index contributed by atoms with van der Waals surface area (Å²) in [6.07, 6.45) is 2.85. The zero-order chi connectivity index (χ0) is 19.1. The van der Waals surface area contributed by atoms with Gasteiger partial charge in [0.05, 0.1) is 26.0 Å². The number of para-hydroxylation sites is 1. The Bertz CT molecular complexity index is 1010. The number of methoxy groups -OCH3 is 2. The number of pyridine rings is 1. The maximum atomic E-state index is 5.61. The molecule has 142 valence electrons. The molecule has 0 saturated heterocycles. The molecule has 0 fully saturated rings. The molecule has 3 aromatic rings. The Kier molecular flexibility index (Phi) is 4.17. The fourth-order valence-electron chi connectivity index (χ4n) is 4.47. The first-order valence-corrected chi connectivity index (χ1v) is 9.57. The Labute approximate surface area is 164 Å². The molecular weight excluding hydrogens is 350 g/mol. The van der Waals surface area contributed by atoms with E-state index in [4.69, 9.17) is 9.47 Å². The van der Waals surface area contributed by atoms with E-state index in [2.05, 4.69) is 57.7 Å². The summed E-state index contributed by atoms with van der Waals surface area (Å²) >= 11 is 0. The van der Waals surface area contributed by atoms with Crippen LogP contribution in [0, 0.1) is 0 Å². The van der Waals surface area contributed by atoms with Gasteiger partial charge in [-0.05, 0) is 53.4 Å². The van der Waals surface area contributed by atoms with Crippen LogP contribution in [-0.4, -0.2) is 30.6 Å². The van der Waals surface area contributed by atoms with Crippen molar-refractivity contribution in [3.8, 4) is 11.5 Å². The van der Waals surface area contributed by atoms with Crippen LogP contribution in [0.5, 0.6) is 11.5 Å². The molecule has 0 amide bonds. The summed E-state index contributed by atoms with van der Waals surface area (Å²) in [7, 11) is 3.38. The first-order chi connectivity index (χ1) is 13.8. The lowest BCUT2D eigenvalue weighted by Crippen LogP contribution is -2.45. The second kappa shape index (κ2) is 6.84. The first kappa shape index (κ1) is 17.1. The standard InChI is InChI=1S/C23H23N3O2/c1-27-20-13-15-10-12-26-22(17(15)14-21(20)28-2)16-7-3-4-8-18(16)25-23(26)19-9-5-6-11-24-19/h3-9,11,13-14,22-23,25H,10,12H2,1-2H3/t22-,23+/m1/s1. The van der Waals surface area contributed by atoms with E-state index in [1.807, 2.05) is 18.3 Å². The van der Waals surface area contributed by atoms with Crippen molar-refractivity contribution in [1.29, 1.82) is 0 Å².